The number of rotatable bonds is 1. The number of anilines is 1. The molecule has 0 saturated heterocycles. The summed E-state index contributed by atoms with van der Waals surface area (Å²) in [5.74, 6) is 0.683. The number of H-pyrrole nitrogens is 1. The van der Waals surface area contributed by atoms with Crippen LogP contribution in [0.4, 0.5) is 5.69 Å². The van der Waals surface area contributed by atoms with Crippen LogP contribution in [0.2, 0.25) is 0 Å². The molecule has 74 valence electrons. The van der Waals surface area contributed by atoms with Crippen LogP contribution in [0.15, 0.2) is 28.9 Å². The van der Waals surface area contributed by atoms with E-state index >= 15 is 0 Å². The molecule has 2 heterocycles. The van der Waals surface area contributed by atoms with E-state index in [1.807, 2.05) is 24.3 Å². The van der Waals surface area contributed by atoms with Gasteiger partial charge in [-0.15, -0.1) is 0 Å². The minimum absolute atomic E-state index is 0.465. The molecule has 0 amide bonds. The van der Waals surface area contributed by atoms with Crippen LogP contribution >= 0.6 is 0 Å². The summed E-state index contributed by atoms with van der Waals surface area (Å²) in [6.07, 6.45) is 0. The minimum Gasteiger partial charge on any atom is -0.399 e. The van der Waals surface area contributed by atoms with Crippen LogP contribution in [-0.4, -0.2) is 20.3 Å². The van der Waals surface area contributed by atoms with Crippen molar-refractivity contribution in [3.63, 3.8) is 0 Å². The molecule has 0 spiro atoms. The van der Waals surface area contributed by atoms with Gasteiger partial charge in [-0.25, -0.2) is 9.61 Å². The molecule has 0 aliphatic carbocycles. The Morgan fingerprint density at radius 1 is 1.27 bits per heavy atom. The van der Waals surface area contributed by atoms with Gasteiger partial charge in [0, 0.05) is 11.3 Å². The fourth-order valence-corrected chi connectivity index (χ4v) is 1.40. The largest absolute Gasteiger partial charge is 0.399 e. The Kier molecular flexibility index (Phi) is 1.49. The van der Waals surface area contributed by atoms with Crippen LogP contribution < -0.4 is 5.73 Å². The molecular weight excluding hydrogens is 194 g/mol. The van der Waals surface area contributed by atoms with Crippen LogP contribution in [0, 0.1) is 0 Å². The maximum atomic E-state index is 5.67. The molecule has 3 aromatic rings. The number of aromatic amines is 1. The van der Waals surface area contributed by atoms with E-state index in [1.54, 1.807) is 0 Å². The summed E-state index contributed by atoms with van der Waals surface area (Å²) in [5, 5.41) is 7.28. The summed E-state index contributed by atoms with van der Waals surface area (Å²) in [5.41, 5.74) is 8.26. The standard InChI is InChI=1S/C9H7N5O/c10-6-3-1-2-5(4-6)7-11-8-9(12-7)14-15-13-8/h1-4H,10H2,(H,11,12,13,14). The van der Waals surface area contributed by atoms with Gasteiger partial charge in [-0.2, -0.15) is 0 Å². The number of hydrogen-bond donors (Lipinski definition) is 2. The zero-order valence-corrected chi connectivity index (χ0v) is 7.64. The van der Waals surface area contributed by atoms with Crippen molar-refractivity contribution in [2.45, 2.75) is 0 Å². The minimum atomic E-state index is 0.465. The van der Waals surface area contributed by atoms with Crippen molar-refractivity contribution in [1.29, 1.82) is 0 Å². The molecule has 0 radical (unpaired) electrons. The van der Waals surface area contributed by atoms with Crippen LogP contribution in [-0.2, 0) is 0 Å². The topological polar surface area (TPSA) is 93.6 Å². The molecule has 1 aromatic carbocycles. The fourth-order valence-electron chi connectivity index (χ4n) is 1.40. The molecule has 0 atom stereocenters. The molecule has 0 fully saturated rings. The smallest absolute Gasteiger partial charge is 0.243 e. The van der Waals surface area contributed by atoms with Crippen molar-refractivity contribution < 1.29 is 4.63 Å². The molecule has 0 saturated carbocycles. The molecule has 0 aliphatic rings. The van der Waals surface area contributed by atoms with E-state index in [9.17, 15) is 0 Å². The number of nitrogens with two attached hydrogens (primary N) is 1. The van der Waals surface area contributed by atoms with Crippen molar-refractivity contribution in [3.8, 4) is 11.4 Å². The monoisotopic (exact) mass is 201 g/mol. The van der Waals surface area contributed by atoms with Crippen molar-refractivity contribution >= 4 is 17.0 Å². The molecule has 6 nitrogen and oxygen atoms in total. The summed E-state index contributed by atoms with van der Waals surface area (Å²) < 4.78 is 4.50. The highest BCUT2D eigenvalue weighted by Gasteiger charge is 2.08. The number of aromatic nitrogens is 4. The second-order valence-corrected chi connectivity index (χ2v) is 3.15. The number of hydrogen-bond acceptors (Lipinski definition) is 5. The van der Waals surface area contributed by atoms with Crippen LogP contribution in [0.3, 0.4) is 0 Å². The van der Waals surface area contributed by atoms with Gasteiger partial charge in [0.1, 0.15) is 5.82 Å². The maximum absolute atomic E-state index is 5.67. The van der Waals surface area contributed by atoms with Crippen molar-refractivity contribution in [2.75, 3.05) is 5.73 Å². The number of fused-ring (bicyclic) bond motifs is 1. The second kappa shape index (κ2) is 2.81. The third-order valence-corrected chi connectivity index (χ3v) is 2.09. The van der Waals surface area contributed by atoms with E-state index in [1.165, 1.54) is 0 Å². The van der Waals surface area contributed by atoms with E-state index in [2.05, 4.69) is 24.9 Å². The molecular formula is C9H7N5O. The Balaban J connectivity index is 2.17. The third kappa shape index (κ3) is 1.23. The third-order valence-electron chi connectivity index (χ3n) is 2.09. The summed E-state index contributed by atoms with van der Waals surface area (Å²) >= 11 is 0. The van der Waals surface area contributed by atoms with Gasteiger partial charge in [-0.05, 0) is 22.4 Å². The molecule has 3 rings (SSSR count). The summed E-state index contributed by atoms with van der Waals surface area (Å²) in [6.45, 7) is 0. The first-order valence-corrected chi connectivity index (χ1v) is 4.37. The Hall–Kier alpha value is -2.37. The van der Waals surface area contributed by atoms with Crippen molar-refractivity contribution in [1.82, 2.24) is 20.3 Å². The van der Waals surface area contributed by atoms with Crippen molar-refractivity contribution in [2.24, 2.45) is 0 Å². The van der Waals surface area contributed by atoms with Crippen LogP contribution in [0.25, 0.3) is 22.7 Å². The molecule has 0 bridgehead atoms. The number of nitrogens with zero attached hydrogens (tertiary/aromatic N) is 3. The lowest BCUT2D eigenvalue weighted by Crippen LogP contribution is -1.86. The van der Waals surface area contributed by atoms with E-state index in [0.717, 1.165) is 5.56 Å². The molecule has 3 N–H and O–H groups in total. The first kappa shape index (κ1) is 7.98. The Morgan fingerprint density at radius 3 is 3.00 bits per heavy atom. The summed E-state index contributed by atoms with van der Waals surface area (Å²) in [6, 6.07) is 7.42. The van der Waals surface area contributed by atoms with Gasteiger partial charge in [0.2, 0.25) is 11.3 Å². The van der Waals surface area contributed by atoms with Gasteiger partial charge in [-0.3, -0.25) is 0 Å². The summed E-state index contributed by atoms with van der Waals surface area (Å²) in [4.78, 5) is 7.19. The van der Waals surface area contributed by atoms with Crippen molar-refractivity contribution in [3.05, 3.63) is 24.3 Å². The average molecular weight is 201 g/mol. The Labute approximate surface area is 84.1 Å². The van der Waals surface area contributed by atoms with Gasteiger partial charge in [-0.1, -0.05) is 12.1 Å². The average Bonchev–Trinajstić information content (AvgIpc) is 2.76. The number of benzene rings is 1. The molecule has 0 unspecified atom stereocenters. The zero-order valence-electron chi connectivity index (χ0n) is 7.64. The van der Waals surface area contributed by atoms with Gasteiger partial charge in [0.25, 0.3) is 0 Å². The number of nitrogens with one attached hydrogen (secondary N) is 1. The lowest BCUT2D eigenvalue weighted by atomic mass is 10.2. The molecule has 15 heavy (non-hydrogen) atoms. The van der Waals surface area contributed by atoms with Gasteiger partial charge in [0.05, 0.1) is 0 Å². The van der Waals surface area contributed by atoms with E-state index in [-0.39, 0.29) is 0 Å². The Bertz CT molecular complexity index is 583. The number of imidazole rings is 1. The lowest BCUT2D eigenvalue weighted by molar-refractivity contribution is 0.313. The second-order valence-electron chi connectivity index (χ2n) is 3.15. The van der Waals surface area contributed by atoms with Gasteiger partial charge in [0.15, 0.2) is 0 Å². The molecule has 2 aromatic heterocycles. The van der Waals surface area contributed by atoms with E-state index < -0.39 is 0 Å². The first-order valence-electron chi connectivity index (χ1n) is 4.37. The first-order chi connectivity index (χ1) is 7.33. The molecule has 0 aliphatic heterocycles. The Morgan fingerprint density at radius 2 is 2.20 bits per heavy atom. The fraction of sp³-hybridized carbons (Fsp3) is 0. The zero-order chi connectivity index (χ0) is 10.3. The van der Waals surface area contributed by atoms with Gasteiger partial charge >= 0.3 is 0 Å². The number of nitrogen functional groups attached to an aromatic ring is 1. The molecule has 6 heteroatoms. The van der Waals surface area contributed by atoms with E-state index in [0.29, 0.717) is 22.8 Å². The highest BCUT2D eigenvalue weighted by Crippen LogP contribution is 2.20. The predicted octanol–water partition coefficient (Wildman–Crippen LogP) is 1.20. The highest BCUT2D eigenvalue weighted by atomic mass is 16.6. The maximum Gasteiger partial charge on any atom is 0.243 e. The highest BCUT2D eigenvalue weighted by molar-refractivity contribution is 5.72. The van der Waals surface area contributed by atoms with Gasteiger partial charge < -0.3 is 10.7 Å². The normalized spacial score (nSPS) is 10.9. The predicted molar refractivity (Wildman–Crippen MR) is 53.8 cm³/mol. The van der Waals surface area contributed by atoms with Crippen LogP contribution in [0.1, 0.15) is 0 Å². The van der Waals surface area contributed by atoms with Crippen LogP contribution in [0.5, 0.6) is 0 Å². The summed E-state index contributed by atoms with van der Waals surface area (Å²) in [7, 11) is 0. The lowest BCUT2D eigenvalue weighted by Gasteiger charge is -1.97. The SMILES string of the molecule is Nc1cccc(-c2nc3nonc3[nH]2)c1. The quantitative estimate of drug-likeness (QED) is 0.577. The van der Waals surface area contributed by atoms with E-state index in [4.69, 9.17) is 5.73 Å².